The van der Waals surface area contributed by atoms with E-state index < -0.39 is 39.5 Å². The molecule has 42 heavy (non-hydrogen) atoms. The lowest BCUT2D eigenvalue weighted by atomic mass is 9.85. The fraction of sp³-hybridized carbons (Fsp3) is 0.259. The van der Waals surface area contributed by atoms with E-state index in [1.165, 1.54) is 66.7 Å². The molecule has 1 fully saturated rings. The van der Waals surface area contributed by atoms with Gasteiger partial charge in [0.2, 0.25) is 15.9 Å². The van der Waals surface area contributed by atoms with Gasteiger partial charge in [0.1, 0.15) is 5.75 Å². The predicted octanol–water partition coefficient (Wildman–Crippen LogP) is 3.44. The van der Waals surface area contributed by atoms with E-state index in [9.17, 15) is 31.2 Å². The van der Waals surface area contributed by atoms with Gasteiger partial charge in [-0.3, -0.25) is 20.3 Å². The number of hydrogen-bond acceptors (Lipinski definition) is 7. The highest BCUT2D eigenvalue weighted by Crippen LogP contribution is 2.39. The summed E-state index contributed by atoms with van der Waals surface area (Å²) in [6.07, 6.45) is -2.82. The second-order valence-corrected chi connectivity index (χ2v) is 11.3. The molecule has 2 aromatic carbocycles. The van der Waals surface area contributed by atoms with Crippen molar-refractivity contribution in [3.63, 3.8) is 0 Å². The quantitative estimate of drug-likeness (QED) is 0.237. The van der Waals surface area contributed by atoms with Gasteiger partial charge in [-0.05, 0) is 73.8 Å². The molecule has 4 rings (SSSR count). The molecule has 1 aliphatic heterocycles. The topological polar surface area (TPSA) is 168 Å². The maximum Gasteiger partial charge on any atom is 0.416 e. The highest BCUT2D eigenvalue weighted by atomic mass is 32.2. The highest BCUT2D eigenvalue weighted by molar-refractivity contribution is 7.89. The van der Waals surface area contributed by atoms with Crippen molar-refractivity contribution in [2.75, 3.05) is 20.1 Å². The number of carbonyl (C=O) groups excluding carboxylic acids is 2. The van der Waals surface area contributed by atoms with E-state index in [-0.39, 0.29) is 59.3 Å². The molecular formula is C27H27F3N6O5S. The van der Waals surface area contributed by atoms with Crippen LogP contribution in [0.2, 0.25) is 0 Å². The second-order valence-electron chi connectivity index (χ2n) is 9.40. The Bertz CT molecular complexity index is 1590. The third kappa shape index (κ3) is 7.03. The van der Waals surface area contributed by atoms with Crippen molar-refractivity contribution in [3.05, 3.63) is 83.0 Å². The number of nitrogens with one attached hydrogen (secondary N) is 3. The van der Waals surface area contributed by atoms with Crippen LogP contribution in [0.15, 0.2) is 65.7 Å². The summed E-state index contributed by atoms with van der Waals surface area (Å²) in [5, 5.41) is 9.09. The number of halogens is 3. The van der Waals surface area contributed by atoms with E-state index in [4.69, 9.17) is 15.9 Å². The lowest BCUT2D eigenvalue weighted by molar-refractivity contribution is -0.138. The number of likely N-dealkylation sites (tertiary alicyclic amines) is 1. The Kier molecular flexibility index (Phi) is 8.82. The first-order valence-electron chi connectivity index (χ1n) is 12.6. The van der Waals surface area contributed by atoms with Gasteiger partial charge in [-0.25, -0.2) is 18.1 Å². The molecule has 15 heteroatoms. The van der Waals surface area contributed by atoms with Gasteiger partial charge in [0, 0.05) is 30.9 Å². The Hall–Kier alpha value is -4.50. The molecule has 1 aromatic heterocycles. The largest absolute Gasteiger partial charge is 0.439 e. The minimum absolute atomic E-state index is 0.0359. The van der Waals surface area contributed by atoms with Crippen molar-refractivity contribution in [2.24, 2.45) is 5.73 Å². The van der Waals surface area contributed by atoms with Crippen molar-refractivity contribution < 1.29 is 35.9 Å². The maximum atomic E-state index is 13.9. The van der Waals surface area contributed by atoms with Crippen LogP contribution in [0.1, 0.15) is 50.6 Å². The van der Waals surface area contributed by atoms with Gasteiger partial charge in [0.25, 0.3) is 11.8 Å². The Morgan fingerprint density at radius 3 is 2.24 bits per heavy atom. The molecule has 0 spiro atoms. The van der Waals surface area contributed by atoms with Crippen LogP contribution in [-0.2, 0) is 16.2 Å². The molecule has 1 aliphatic rings. The number of hydrogen-bond donors (Lipinski definition) is 4. The highest BCUT2D eigenvalue weighted by Gasteiger charge is 2.37. The molecule has 3 aromatic rings. The number of pyridine rings is 1. The van der Waals surface area contributed by atoms with Crippen LogP contribution in [-0.4, -0.2) is 56.2 Å². The molecule has 0 saturated carbocycles. The van der Waals surface area contributed by atoms with E-state index in [1.807, 2.05) is 5.32 Å². The minimum Gasteiger partial charge on any atom is -0.439 e. The number of benzene rings is 2. The molecule has 2 amide bonds. The molecule has 1 saturated heterocycles. The molecule has 222 valence electrons. The Morgan fingerprint density at radius 2 is 1.69 bits per heavy atom. The molecule has 2 heterocycles. The first-order valence-corrected chi connectivity index (χ1v) is 14.1. The van der Waals surface area contributed by atoms with E-state index >= 15 is 0 Å². The zero-order valence-electron chi connectivity index (χ0n) is 22.2. The van der Waals surface area contributed by atoms with Crippen LogP contribution in [0.25, 0.3) is 0 Å². The van der Waals surface area contributed by atoms with Crippen LogP contribution < -0.4 is 20.5 Å². The molecule has 11 nitrogen and oxygen atoms in total. The first kappa shape index (κ1) is 30.5. The second kappa shape index (κ2) is 12.2. The van der Waals surface area contributed by atoms with Crippen LogP contribution in [0.3, 0.4) is 0 Å². The minimum atomic E-state index is -4.71. The van der Waals surface area contributed by atoms with Crippen molar-refractivity contribution in [2.45, 2.75) is 29.8 Å². The van der Waals surface area contributed by atoms with E-state index in [2.05, 4.69) is 9.71 Å². The maximum absolute atomic E-state index is 13.9. The van der Waals surface area contributed by atoms with Crippen LogP contribution in [0, 0.1) is 5.41 Å². The summed E-state index contributed by atoms with van der Waals surface area (Å²) < 4.78 is 73.2. The van der Waals surface area contributed by atoms with Crippen molar-refractivity contribution in [1.29, 1.82) is 5.41 Å². The smallest absolute Gasteiger partial charge is 0.416 e. The number of amides is 2. The molecule has 0 unspecified atom stereocenters. The van der Waals surface area contributed by atoms with Gasteiger partial charge in [0.05, 0.1) is 16.0 Å². The predicted molar refractivity (Wildman–Crippen MR) is 146 cm³/mol. The Morgan fingerprint density at radius 1 is 1.05 bits per heavy atom. The number of sulfonamides is 1. The number of alkyl halides is 3. The van der Waals surface area contributed by atoms with Crippen LogP contribution >= 0.6 is 0 Å². The normalized spacial score (nSPS) is 14.3. The summed E-state index contributed by atoms with van der Waals surface area (Å²) in [4.78, 5) is 30.8. The summed E-state index contributed by atoms with van der Waals surface area (Å²) in [7, 11) is -2.28. The van der Waals surface area contributed by atoms with Gasteiger partial charge in [-0.15, -0.1) is 0 Å². The number of piperidine rings is 1. The number of guanidine groups is 1. The standard InChI is InChI=1S/C27H27F3N6O5S/c1-33-42(39,40)20-6-4-19(5-7-20)41-23-9-3-18(15-34-23)25(38)36-12-10-16(11-13-36)21-8-2-17(24(37)35-26(31)32)14-22(21)27(28,29)30/h2-9,14-16,33H,10-13H2,1H3,(H4,31,32,35,37). The van der Waals surface area contributed by atoms with Gasteiger partial charge in [-0.2, -0.15) is 13.2 Å². The summed E-state index contributed by atoms with van der Waals surface area (Å²) in [6, 6.07) is 12.0. The Labute approximate surface area is 239 Å². The molecule has 5 N–H and O–H groups in total. The van der Waals surface area contributed by atoms with E-state index in [1.54, 1.807) is 0 Å². The van der Waals surface area contributed by atoms with E-state index in [0.717, 1.165) is 6.07 Å². The number of ether oxygens (including phenoxy) is 1. The number of rotatable bonds is 7. The van der Waals surface area contributed by atoms with Gasteiger partial charge in [-0.1, -0.05) is 6.07 Å². The number of aromatic nitrogens is 1. The first-order chi connectivity index (χ1) is 19.8. The lowest BCUT2D eigenvalue weighted by Gasteiger charge is -2.33. The molecular weight excluding hydrogens is 577 g/mol. The summed E-state index contributed by atoms with van der Waals surface area (Å²) in [5.74, 6) is -1.90. The Balaban J connectivity index is 1.39. The monoisotopic (exact) mass is 604 g/mol. The van der Waals surface area contributed by atoms with Crippen molar-refractivity contribution in [3.8, 4) is 11.6 Å². The third-order valence-electron chi connectivity index (χ3n) is 6.70. The number of nitrogens with two attached hydrogens (primary N) is 1. The fourth-order valence-corrected chi connectivity index (χ4v) is 5.29. The average molecular weight is 605 g/mol. The lowest BCUT2D eigenvalue weighted by Crippen LogP contribution is -2.38. The number of carbonyl (C=O) groups is 2. The van der Waals surface area contributed by atoms with Gasteiger partial charge < -0.3 is 15.4 Å². The van der Waals surface area contributed by atoms with Crippen molar-refractivity contribution in [1.82, 2.24) is 19.9 Å². The SMILES string of the molecule is CNS(=O)(=O)c1ccc(Oc2ccc(C(=O)N3CCC(c4ccc(C(=O)NC(=N)N)cc4C(F)(F)F)CC3)cn2)cc1. The van der Waals surface area contributed by atoms with Gasteiger partial charge in [0.15, 0.2) is 5.96 Å². The van der Waals surface area contributed by atoms with Crippen LogP contribution in [0.4, 0.5) is 13.2 Å². The van der Waals surface area contributed by atoms with E-state index in [0.29, 0.717) is 5.75 Å². The fourth-order valence-electron chi connectivity index (χ4n) is 4.56. The zero-order valence-corrected chi connectivity index (χ0v) is 23.1. The molecule has 0 bridgehead atoms. The van der Waals surface area contributed by atoms with Crippen LogP contribution in [0.5, 0.6) is 11.6 Å². The van der Waals surface area contributed by atoms with Crippen molar-refractivity contribution >= 4 is 27.8 Å². The zero-order chi connectivity index (χ0) is 30.7. The molecule has 0 aliphatic carbocycles. The number of nitrogens with zero attached hydrogens (tertiary/aromatic N) is 2. The third-order valence-corrected chi connectivity index (χ3v) is 8.13. The summed E-state index contributed by atoms with van der Waals surface area (Å²) in [6.45, 7) is 0.432. The molecule has 0 atom stereocenters. The average Bonchev–Trinajstić information content (AvgIpc) is 2.96. The summed E-state index contributed by atoms with van der Waals surface area (Å²) in [5.41, 5.74) is 4.20. The molecule has 0 radical (unpaired) electrons. The summed E-state index contributed by atoms with van der Waals surface area (Å²) >= 11 is 0. The van der Waals surface area contributed by atoms with Gasteiger partial charge >= 0.3 is 6.18 Å².